The molecule has 5 atom stereocenters. The Morgan fingerprint density at radius 2 is 1.74 bits per heavy atom. The highest BCUT2D eigenvalue weighted by Gasteiger charge is 2.44. The third-order valence-corrected chi connectivity index (χ3v) is 2.96. The van der Waals surface area contributed by atoms with Crippen molar-refractivity contribution in [2.75, 3.05) is 6.61 Å². The summed E-state index contributed by atoms with van der Waals surface area (Å²) < 4.78 is 10.4. The molecule has 0 amide bonds. The second-order valence-corrected chi connectivity index (χ2v) is 4.28. The first kappa shape index (κ1) is 14.0. The fourth-order valence-corrected chi connectivity index (χ4v) is 1.85. The van der Waals surface area contributed by atoms with Gasteiger partial charge in [-0.05, 0) is 12.1 Å². The number of para-hydroxylation sites is 2. The monoisotopic (exact) mass is 272 g/mol. The lowest BCUT2D eigenvalue weighted by atomic mass is 9.99. The molecule has 7 nitrogen and oxygen atoms in total. The summed E-state index contributed by atoms with van der Waals surface area (Å²) in [6.45, 7) is -0.536. The molecule has 106 valence electrons. The molecule has 0 spiro atoms. The molecule has 1 aliphatic heterocycles. The maximum Gasteiger partial charge on any atom is 0.229 e. The van der Waals surface area contributed by atoms with E-state index in [1.54, 1.807) is 12.1 Å². The van der Waals surface area contributed by atoms with Gasteiger partial charge < -0.3 is 35.0 Å². The van der Waals surface area contributed by atoms with Crippen LogP contribution in [0.25, 0.3) is 0 Å². The average molecular weight is 272 g/mol. The Morgan fingerprint density at radius 1 is 1.05 bits per heavy atom. The zero-order valence-electron chi connectivity index (χ0n) is 9.96. The maximum atomic E-state index is 9.75. The number of phenols is 1. The minimum atomic E-state index is -1.51. The summed E-state index contributed by atoms with van der Waals surface area (Å²) >= 11 is 0. The van der Waals surface area contributed by atoms with E-state index in [4.69, 9.17) is 14.6 Å². The number of hydrogen-bond acceptors (Lipinski definition) is 7. The first-order valence-electron chi connectivity index (χ1n) is 5.79. The van der Waals surface area contributed by atoms with Gasteiger partial charge in [-0.15, -0.1) is 0 Å². The van der Waals surface area contributed by atoms with Crippen molar-refractivity contribution in [1.82, 2.24) is 0 Å². The molecule has 1 aromatic carbocycles. The summed E-state index contributed by atoms with van der Waals surface area (Å²) in [5.74, 6) is -0.0914. The van der Waals surface area contributed by atoms with Crippen LogP contribution in [0.2, 0.25) is 0 Å². The van der Waals surface area contributed by atoms with Crippen molar-refractivity contribution in [3.05, 3.63) is 24.3 Å². The molecule has 19 heavy (non-hydrogen) atoms. The molecule has 0 radical (unpaired) electrons. The second kappa shape index (κ2) is 5.72. The van der Waals surface area contributed by atoms with Crippen LogP contribution in [0.3, 0.4) is 0 Å². The van der Waals surface area contributed by atoms with E-state index in [0.717, 1.165) is 0 Å². The lowest BCUT2D eigenvalue weighted by Gasteiger charge is -2.39. The third-order valence-electron chi connectivity index (χ3n) is 2.96. The van der Waals surface area contributed by atoms with Gasteiger partial charge in [-0.2, -0.15) is 0 Å². The molecule has 1 aromatic rings. The smallest absolute Gasteiger partial charge is 0.229 e. The molecule has 1 saturated heterocycles. The highest BCUT2D eigenvalue weighted by molar-refractivity contribution is 5.38. The normalized spacial score (nSPS) is 35.1. The predicted octanol–water partition coefficient (Wildman–Crippen LogP) is -1.43. The summed E-state index contributed by atoms with van der Waals surface area (Å²) in [5, 5.41) is 47.5. The topological polar surface area (TPSA) is 120 Å². The van der Waals surface area contributed by atoms with Crippen LogP contribution in [0.1, 0.15) is 0 Å². The van der Waals surface area contributed by atoms with E-state index in [0.29, 0.717) is 0 Å². The number of aromatic hydroxyl groups is 1. The highest BCUT2D eigenvalue weighted by atomic mass is 16.7. The van der Waals surface area contributed by atoms with Gasteiger partial charge in [-0.1, -0.05) is 12.1 Å². The number of aliphatic hydroxyl groups excluding tert-OH is 4. The second-order valence-electron chi connectivity index (χ2n) is 4.28. The molecule has 0 saturated carbocycles. The summed E-state index contributed by atoms with van der Waals surface area (Å²) in [6.07, 6.45) is -6.80. The van der Waals surface area contributed by atoms with Gasteiger partial charge in [-0.3, -0.25) is 0 Å². The van der Waals surface area contributed by atoms with E-state index in [-0.39, 0.29) is 11.5 Å². The first-order valence-corrected chi connectivity index (χ1v) is 5.79. The number of hydrogen-bond donors (Lipinski definition) is 5. The van der Waals surface area contributed by atoms with Gasteiger partial charge in [0.05, 0.1) is 6.61 Å². The van der Waals surface area contributed by atoms with E-state index >= 15 is 0 Å². The van der Waals surface area contributed by atoms with Crippen molar-refractivity contribution in [3.63, 3.8) is 0 Å². The molecular formula is C12H16O7. The molecule has 1 heterocycles. The van der Waals surface area contributed by atoms with Gasteiger partial charge in [0.25, 0.3) is 0 Å². The summed E-state index contributed by atoms with van der Waals surface area (Å²) in [4.78, 5) is 0. The lowest BCUT2D eigenvalue weighted by Crippen LogP contribution is -2.60. The summed E-state index contributed by atoms with van der Waals surface area (Å²) in [7, 11) is 0. The van der Waals surface area contributed by atoms with E-state index in [1.165, 1.54) is 12.1 Å². The standard InChI is InChI=1S/C12H16O7/c13-5-8-9(15)10(16)11(17)12(19-8)18-7-4-2-1-3-6(7)14/h1-4,8-17H,5H2/t8-,9+,10+,11-,12+/m1/s1. The van der Waals surface area contributed by atoms with Crippen LogP contribution < -0.4 is 4.74 Å². The Balaban J connectivity index is 2.13. The van der Waals surface area contributed by atoms with Crippen LogP contribution in [0.4, 0.5) is 0 Å². The number of rotatable bonds is 3. The Bertz CT molecular complexity index is 422. The Hall–Kier alpha value is -1.38. The first-order chi connectivity index (χ1) is 9.04. The van der Waals surface area contributed by atoms with Gasteiger partial charge in [-0.25, -0.2) is 0 Å². The van der Waals surface area contributed by atoms with Gasteiger partial charge in [0.1, 0.15) is 24.4 Å². The Morgan fingerprint density at radius 3 is 2.37 bits per heavy atom. The van der Waals surface area contributed by atoms with Gasteiger partial charge >= 0.3 is 0 Å². The maximum absolute atomic E-state index is 9.75. The number of phenolic OH excluding ortho intramolecular Hbond substituents is 1. The molecular weight excluding hydrogens is 256 g/mol. The van der Waals surface area contributed by atoms with E-state index < -0.39 is 37.3 Å². The van der Waals surface area contributed by atoms with Crippen LogP contribution in [-0.4, -0.2) is 62.8 Å². The molecule has 0 aliphatic carbocycles. The fourth-order valence-electron chi connectivity index (χ4n) is 1.85. The van der Waals surface area contributed by atoms with Crippen molar-refractivity contribution in [1.29, 1.82) is 0 Å². The third kappa shape index (κ3) is 2.80. The van der Waals surface area contributed by atoms with Gasteiger partial charge in [0.15, 0.2) is 11.5 Å². The van der Waals surface area contributed by atoms with Crippen LogP contribution in [0, 0.1) is 0 Å². The zero-order valence-corrected chi connectivity index (χ0v) is 9.96. The molecule has 2 rings (SSSR count). The van der Waals surface area contributed by atoms with Gasteiger partial charge in [0.2, 0.25) is 6.29 Å². The SMILES string of the molecule is OC[C@H]1O[C@H](Oc2ccccc2O)[C@H](O)[C@@H](O)[C@H]1O. The van der Waals surface area contributed by atoms with Gasteiger partial charge in [0, 0.05) is 0 Å². The molecule has 1 fully saturated rings. The van der Waals surface area contributed by atoms with Crippen LogP contribution >= 0.6 is 0 Å². The number of benzene rings is 1. The fraction of sp³-hybridized carbons (Fsp3) is 0.500. The zero-order chi connectivity index (χ0) is 14.0. The number of aliphatic hydroxyl groups is 4. The molecule has 0 aromatic heterocycles. The average Bonchev–Trinajstić information content (AvgIpc) is 2.41. The summed E-state index contributed by atoms with van der Waals surface area (Å²) in [5.41, 5.74) is 0. The van der Waals surface area contributed by atoms with Crippen LogP contribution in [0.15, 0.2) is 24.3 Å². The molecule has 1 aliphatic rings. The van der Waals surface area contributed by atoms with Crippen LogP contribution in [0.5, 0.6) is 11.5 Å². The van der Waals surface area contributed by atoms with Crippen molar-refractivity contribution in [2.24, 2.45) is 0 Å². The molecule has 0 bridgehead atoms. The Kier molecular flexibility index (Phi) is 4.23. The van der Waals surface area contributed by atoms with E-state index in [9.17, 15) is 20.4 Å². The van der Waals surface area contributed by atoms with Crippen molar-refractivity contribution in [3.8, 4) is 11.5 Å². The largest absolute Gasteiger partial charge is 0.504 e. The lowest BCUT2D eigenvalue weighted by molar-refractivity contribution is -0.277. The van der Waals surface area contributed by atoms with Crippen LogP contribution in [-0.2, 0) is 4.74 Å². The highest BCUT2D eigenvalue weighted by Crippen LogP contribution is 2.29. The molecule has 7 heteroatoms. The minimum absolute atomic E-state index is 0.0619. The molecule has 5 N–H and O–H groups in total. The quantitative estimate of drug-likeness (QED) is 0.457. The van der Waals surface area contributed by atoms with Crippen molar-refractivity contribution < 1.29 is 35.0 Å². The predicted molar refractivity (Wildman–Crippen MR) is 62.5 cm³/mol. The van der Waals surface area contributed by atoms with E-state index in [1.807, 2.05) is 0 Å². The summed E-state index contributed by atoms with van der Waals surface area (Å²) in [6, 6.07) is 6.05. The van der Waals surface area contributed by atoms with Crippen molar-refractivity contribution in [2.45, 2.75) is 30.7 Å². The minimum Gasteiger partial charge on any atom is -0.504 e. The Labute approximate surface area is 109 Å². The van der Waals surface area contributed by atoms with Crippen molar-refractivity contribution >= 4 is 0 Å². The number of ether oxygens (including phenoxy) is 2. The molecule has 0 unspecified atom stereocenters. The van der Waals surface area contributed by atoms with E-state index in [2.05, 4.69) is 0 Å².